The Morgan fingerprint density at radius 2 is 1.62 bits per heavy atom. The van der Waals surface area contributed by atoms with Crippen LogP contribution < -0.4 is 4.90 Å². The molecular weight excluding hydrogens is 369 g/mol. The summed E-state index contributed by atoms with van der Waals surface area (Å²) in [6.45, 7) is 4.63. The van der Waals surface area contributed by atoms with Crippen molar-refractivity contribution in [1.29, 1.82) is 0 Å². The molecule has 2 aromatic carbocycles. The second-order valence-electron chi connectivity index (χ2n) is 7.74. The van der Waals surface area contributed by atoms with Gasteiger partial charge >= 0.3 is 0 Å². The van der Waals surface area contributed by atoms with Gasteiger partial charge in [0.05, 0.1) is 0 Å². The first-order chi connectivity index (χ1) is 14.1. The van der Waals surface area contributed by atoms with Crippen LogP contribution in [0.15, 0.2) is 48.5 Å². The van der Waals surface area contributed by atoms with Crippen LogP contribution in [0.1, 0.15) is 35.2 Å². The van der Waals surface area contributed by atoms with Gasteiger partial charge in [-0.15, -0.1) is 0 Å². The number of anilines is 1. The highest BCUT2D eigenvalue weighted by Gasteiger charge is 2.23. The van der Waals surface area contributed by atoms with Crippen LogP contribution in [0, 0.1) is 5.82 Å². The Kier molecular flexibility index (Phi) is 5.90. The second-order valence-corrected chi connectivity index (χ2v) is 7.74. The predicted octanol–water partition coefficient (Wildman–Crippen LogP) is 3.30. The Bertz CT molecular complexity index is 867. The van der Waals surface area contributed by atoms with E-state index in [1.807, 2.05) is 41.3 Å². The first kappa shape index (κ1) is 19.6. The largest absolute Gasteiger partial charge is 0.337 e. The van der Waals surface area contributed by atoms with Crippen LogP contribution in [0.25, 0.3) is 0 Å². The van der Waals surface area contributed by atoms with Gasteiger partial charge in [-0.05, 0) is 54.8 Å². The fourth-order valence-electron chi connectivity index (χ4n) is 4.07. The molecule has 0 N–H and O–H groups in total. The van der Waals surface area contributed by atoms with Crippen LogP contribution in [-0.4, -0.2) is 54.3 Å². The SMILES string of the molecule is O=C(c1ccc(N2CCCC2=O)cc1)N1CCCN(Cc2ccc(F)cc2)CC1. The van der Waals surface area contributed by atoms with Gasteiger partial charge < -0.3 is 9.80 Å². The zero-order valence-corrected chi connectivity index (χ0v) is 16.5. The van der Waals surface area contributed by atoms with Gasteiger partial charge in [-0.25, -0.2) is 4.39 Å². The summed E-state index contributed by atoms with van der Waals surface area (Å²) >= 11 is 0. The Balaban J connectivity index is 1.35. The van der Waals surface area contributed by atoms with E-state index in [0.29, 0.717) is 18.5 Å². The molecule has 6 heteroatoms. The smallest absolute Gasteiger partial charge is 0.253 e. The summed E-state index contributed by atoms with van der Waals surface area (Å²) in [6.07, 6.45) is 2.40. The summed E-state index contributed by atoms with van der Waals surface area (Å²) in [5, 5.41) is 0. The summed E-state index contributed by atoms with van der Waals surface area (Å²) in [5.41, 5.74) is 2.61. The molecule has 2 aliphatic heterocycles. The molecular formula is C23H26FN3O2. The van der Waals surface area contributed by atoms with Crippen molar-refractivity contribution in [2.24, 2.45) is 0 Å². The quantitative estimate of drug-likeness (QED) is 0.798. The van der Waals surface area contributed by atoms with Crippen molar-refractivity contribution in [3.05, 3.63) is 65.5 Å². The molecule has 0 saturated carbocycles. The molecule has 5 nitrogen and oxygen atoms in total. The van der Waals surface area contributed by atoms with Gasteiger partial charge in [0.1, 0.15) is 5.82 Å². The minimum absolute atomic E-state index is 0.0351. The fourth-order valence-corrected chi connectivity index (χ4v) is 4.07. The number of hydrogen-bond donors (Lipinski definition) is 0. The molecule has 0 atom stereocenters. The Hall–Kier alpha value is -2.73. The van der Waals surface area contributed by atoms with Crippen molar-refractivity contribution in [2.75, 3.05) is 37.6 Å². The first-order valence-electron chi connectivity index (χ1n) is 10.3. The molecule has 0 aromatic heterocycles. The maximum Gasteiger partial charge on any atom is 0.253 e. The lowest BCUT2D eigenvalue weighted by Gasteiger charge is -2.22. The monoisotopic (exact) mass is 395 g/mol. The van der Waals surface area contributed by atoms with Crippen molar-refractivity contribution >= 4 is 17.5 Å². The number of hydrogen-bond acceptors (Lipinski definition) is 3. The van der Waals surface area contributed by atoms with Crippen LogP contribution in [0.3, 0.4) is 0 Å². The third-order valence-electron chi connectivity index (χ3n) is 5.69. The predicted molar refractivity (Wildman–Crippen MR) is 110 cm³/mol. The van der Waals surface area contributed by atoms with Crippen molar-refractivity contribution in [3.63, 3.8) is 0 Å². The van der Waals surface area contributed by atoms with E-state index in [0.717, 1.165) is 56.8 Å². The number of halogens is 1. The van der Waals surface area contributed by atoms with Crippen LogP contribution >= 0.6 is 0 Å². The average molecular weight is 395 g/mol. The van der Waals surface area contributed by atoms with Gasteiger partial charge in [-0.1, -0.05) is 12.1 Å². The molecule has 2 aliphatic rings. The van der Waals surface area contributed by atoms with Gasteiger partial charge in [0.2, 0.25) is 5.91 Å². The van der Waals surface area contributed by atoms with Crippen molar-refractivity contribution < 1.29 is 14.0 Å². The minimum Gasteiger partial charge on any atom is -0.337 e. The fraction of sp³-hybridized carbons (Fsp3) is 0.391. The third kappa shape index (κ3) is 4.65. The van der Waals surface area contributed by atoms with E-state index in [1.165, 1.54) is 12.1 Å². The van der Waals surface area contributed by atoms with E-state index in [2.05, 4.69) is 4.90 Å². The van der Waals surface area contributed by atoms with Gasteiger partial charge in [0, 0.05) is 56.9 Å². The zero-order chi connectivity index (χ0) is 20.2. The summed E-state index contributed by atoms with van der Waals surface area (Å²) < 4.78 is 13.1. The number of amides is 2. The number of nitrogens with zero attached hydrogens (tertiary/aromatic N) is 3. The highest BCUT2D eigenvalue weighted by atomic mass is 19.1. The molecule has 0 bridgehead atoms. The maximum atomic E-state index is 13.1. The van der Waals surface area contributed by atoms with Crippen LogP contribution in [0.4, 0.5) is 10.1 Å². The summed E-state index contributed by atoms with van der Waals surface area (Å²) in [5.74, 6) is -0.0349. The van der Waals surface area contributed by atoms with Crippen LogP contribution in [0.2, 0.25) is 0 Å². The van der Waals surface area contributed by atoms with Gasteiger partial charge in [-0.2, -0.15) is 0 Å². The summed E-state index contributed by atoms with van der Waals surface area (Å²) in [4.78, 5) is 30.8. The Morgan fingerprint density at radius 3 is 2.31 bits per heavy atom. The number of benzene rings is 2. The van der Waals surface area contributed by atoms with E-state index >= 15 is 0 Å². The van der Waals surface area contributed by atoms with Crippen molar-refractivity contribution in [1.82, 2.24) is 9.80 Å². The molecule has 2 fully saturated rings. The van der Waals surface area contributed by atoms with Gasteiger partial charge in [-0.3, -0.25) is 14.5 Å². The number of rotatable bonds is 4. The molecule has 4 rings (SSSR count). The molecule has 0 aliphatic carbocycles. The van der Waals surface area contributed by atoms with E-state index in [4.69, 9.17) is 0 Å². The molecule has 0 spiro atoms. The Labute approximate surface area is 170 Å². The molecule has 2 amide bonds. The number of carbonyl (C=O) groups is 2. The highest BCUT2D eigenvalue weighted by Crippen LogP contribution is 2.22. The maximum absolute atomic E-state index is 13.1. The molecule has 2 aromatic rings. The summed E-state index contributed by atoms with van der Waals surface area (Å²) in [6, 6.07) is 14.0. The summed E-state index contributed by atoms with van der Waals surface area (Å²) in [7, 11) is 0. The minimum atomic E-state index is -0.221. The molecule has 2 saturated heterocycles. The standard InChI is InChI=1S/C23H26FN3O2/c24-20-8-4-18(5-9-20)17-25-12-2-13-26(16-15-25)23(29)19-6-10-21(11-7-19)27-14-1-3-22(27)28/h4-11H,1-3,12-17H2. The highest BCUT2D eigenvalue weighted by molar-refractivity contribution is 5.97. The third-order valence-corrected chi connectivity index (χ3v) is 5.69. The van der Waals surface area contributed by atoms with Crippen LogP contribution in [0.5, 0.6) is 0 Å². The van der Waals surface area contributed by atoms with E-state index < -0.39 is 0 Å². The van der Waals surface area contributed by atoms with Gasteiger partial charge in [0.15, 0.2) is 0 Å². The average Bonchev–Trinajstić information content (AvgIpc) is 3.03. The molecule has 0 radical (unpaired) electrons. The molecule has 2 heterocycles. The van der Waals surface area contributed by atoms with Crippen molar-refractivity contribution in [2.45, 2.75) is 25.8 Å². The van der Waals surface area contributed by atoms with Gasteiger partial charge in [0.25, 0.3) is 5.91 Å². The normalized spacial score (nSPS) is 18.2. The lowest BCUT2D eigenvalue weighted by atomic mass is 10.1. The second kappa shape index (κ2) is 8.74. The van der Waals surface area contributed by atoms with Crippen LogP contribution in [-0.2, 0) is 11.3 Å². The van der Waals surface area contributed by atoms with E-state index in [9.17, 15) is 14.0 Å². The lowest BCUT2D eigenvalue weighted by Crippen LogP contribution is -2.35. The van der Waals surface area contributed by atoms with E-state index in [-0.39, 0.29) is 17.6 Å². The number of carbonyl (C=O) groups excluding carboxylic acids is 2. The topological polar surface area (TPSA) is 43.9 Å². The lowest BCUT2D eigenvalue weighted by molar-refractivity contribution is -0.117. The van der Waals surface area contributed by atoms with Crippen molar-refractivity contribution in [3.8, 4) is 0 Å². The Morgan fingerprint density at radius 1 is 0.862 bits per heavy atom. The first-order valence-corrected chi connectivity index (χ1v) is 10.3. The zero-order valence-electron chi connectivity index (χ0n) is 16.5. The molecule has 152 valence electrons. The van der Waals surface area contributed by atoms with E-state index in [1.54, 1.807) is 4.90 Å². The molecule has 29 heavy (non-hydrogen) atoms. The molecule has 0 unspecified atom stereocenters.